The van der Waals surface area contributed by atoms with Crippen molar-refractivity contribution in [3.8, 4) is 11.4 Å². The predicted molar refractivity (Wildman–Crippen MR) is 113 cm³/mol. The van der Waals surface area contributed by atoms with E-state index in [1.165, 1.54) is 4.70 Å². The van der Waals surface area contributed by atoms with E-state index in [1.807, 2.05) is 67.7 Å². The first kappa shape index (κ1) is 15.9. The Morgan fingerprint density at radius 1 is 0.926 bits per heavy atom. The molecule has 0 saturated carbocycles. The molecule has 0 fully saturated rings. The Hall–Kier alpha value is -3.31. The van der Waals surface area contributed by atoms with Crippen molar-refractivity contribution in [3.63, 3.8) is 0 Å². The van der Waals surface area contributed by atoms with Gasteiger partial charge in [-0.05, 0) is 48.9 Å². The fourth-order valence-electron chi connectivity index (χ4n) is 3.15. The topological polar surface area (TPSA) is 53.9 Å². The quantitative estimate of drug-likeness (QED) is 0.403. The maximum absolute atomic E-state index is 4.74. The molecule has 0 bridgehead atoms. The molecule has 0 unspecified atom stereocenters. The van der Waals surface area contributed by atoms with Crippen molar-refractivity contribution in [2.24, 2.45) is 4.99 Å². The van der Waals surface area contributed by atoms with Gasteiger partial charge in [-0.1, -0.05) is 30.3 Å². The number of aromatic amines is 1. The highest BCUT2D eigenvalue weighted by Crippen LogP contribution is 2.30. The Labute approximate surface area is 160 Å². The van der Waals surface area contributed by atoms with Gasteiger partial charge in [0, 0.05) is 11.8 Å². The average Bonchev–Trinajstić information content (AvgIpc) is 3.28. The van der Waals surface area contributed by atoms with E-state index in [9.17, 15) is 0 Å². The van der Waals surface area contributed by atoms with Crippen LogP contribution >= 0.6 is 11.3 Å². The number of imidazole rings is 1. The van der Waals surface area contributed by atoms with E-state index in [1.54, 1.807) is 11.3 Å². The average molecular weight is 368 g/mol. The minimum Gasteiger partial charge on any atom is -0.338 e. The van der Waals surface area contributed by atoms with Crippen molar-refractivity contribution in [1.29, 1.82) is 0 Å². The fraction of sp³-hybridized carbons (Fsp3) is 0.0455. The number of aromatic nitrogens is 3. The van der Waals surface area contributed by atoms with Gasteiger partial charge in [0.05, 0.1) is 31.9 Å². The first-order valence-electron chi connectivity index (χ1n) is 8.72. The molecular formula is C22H16N4S. The maximum atomic E-state index is 4.74. The van der Waals surface area contributed by atoms with Crippen LogP contribution in [-0.2, 0) is 0 Å². The van der Waals surface area contributed by atoms with Gasteiger partial charge in [0.15, 0.2) is 0 Å². The third-order valence-electron chi connectivity index (χ3n) is 4.42. The van der Waals surface area contributed by atoms with Gasteiger partial charge in [0.25, 0.3) is 0 Å². The lowest BCUT2D eigenvalue weighted by Gasteiger charge is -2.02. The van der Waals surface area contributed by atoms with Crippen molar-refractivity contribution in [2.45, 2.75) is 6.92 Å². The zero-order valence-electron chi connectivity index (χ0n) is 14.7. The van der Waals surface area contributed by atoms with Crippen LogP contribution in [0.1, 0.15) is 10.6 Å². The van der Waals surface area contributed by atoms with Crippen LogP contribution in [0.3, 0.4) is 0 Å². The largest absolute Gasteiger partial charge is 0.338 e. The number of hydrogen-bond donors (Lipinski definition) is 1. The molecule has 1 N–H and O–H groups in total. The Morgan fingerprint density at radius 2 is 1.78 bits per heavy atom. The summed E-state index contributed by atoms with van der Waals surface area (Å²) >= 11 is 1.70. The van der Waals surface area contributed by atoms with Crippen LogP contribution in [0.4, 0.5) is 5.69 Å². The third kappa shape index (κ3) is 3.02. The van der Waals surface area contributed by atoms with Crippen LogP contribution < -0.4 is 0 Å². The standard InChI is InChI=1S/C22H16N4S/c1-14-24-20-11-10-15(12-21(20)27-14)13-23-17-7-3-2-6-16(17)22-25-18-8-4-5-9-19(18)26-22/h2-13H,1H3,(H,25,26). The SMILES string of the molecule is Cc1nc2ccc(C=Nc3ccccc3-c3nc4ccccc4[nH]3)cc2s1. The molecule has 0 radical (unpaired) electrons. The Balaban J connectivity index is 1.54. The van der Waals surface area contributed by atoms with E-state index in [2.05, 4.69) is 22.1 Å². The van der Waals surface area contributed by atoms with E-state index in [0.29, 0.717) is 0 Å². The second kappa shape index (κ2) is 6.45. The molecule has 0 amide bonds. The summed E-state index contributed by atoms with van der Waals surface area (Å²) in [5.74, 6) is 0.831. The zero-order valence-corrected chi connectivity index (χ0v) is 15.5. The fourth-order valence-corrected chi connectivity index (χ4v) is 4.02. The zero-order chi connectivity index (χ0) is 18.2. The molecule has 5 aromatic rings. The van der Waals surface area contributed by atoms with Gasteiger partial charge >= 0.3 is 0 Å². The maximum Gasteiger partial charge on any atom is 0.140 e. The Kier molecular flexibility index (Phi) is 3.80. The Bertz CT molecular complexity index is 1260. The number of benzene rings is 3. The third-order valence-corrected chi connectivity index (χ3v) is 5.35. The molecule has 27 heavy (non-hydrogen) atoms. The number of fused-ring (bicyclic) bond motifs is 2. The summed E-state index contributed by atoms with van der Waals surface area (Å²) in [5, 5.41) is 1.08. The van der Waals surface area contributed by atoms with Crippen molar-refractivity contribution in [2.75, 3.05) is 0 Å². The van der Waals surface area contributed by atoms with Crippen molar-refractivity contribution < 1.29 is 0 Å². The molecule has 130 valence electrons. The van der Waals surface area contributed by atoms with Gasteiger partial charge in [-0.25, -0.2) is 9.97 Å². The minimum atomic E-state index is 0.831. The summed E-state index contributed by atoms with van der Waals surface area (Å²) in [5.41, 5.74) is 5.95. The van der Waals surface area contributed by atoms with Gasteiger partial charge in [-0.15, -0.1) is 11.3 Å². The van der Waals surface area contributed by atoms with E-state index >= 15 is 0 Å². The van der Waals surface area contributed by atoms with Crippen LogP contribution in [0.25, 0.3) is 32.6 Å². The molecule has 2 heterocycles. The number of rotatable bonds is 3. The van der Waals surface area contributed by atoms with Crippen molar-refractivity contribution >= 4 is 44.5 Å². The number of thiazole rings is 1. The summed E-state index contributed by atoms with van der Waals surface area (Å²) < 4.78 is 1.18. The summed E-state index contributed by atoms with van der Waals surface area (Å²) in [4.78, 5) is 17.3. The van der Waals surface area contributed by atoms with E-state index < -0.39 is 0 Å². The molecule has 0 aliphatic heterocycles. The molecule has 5 rings (SSSR count). The smallest absolute Gasteiger partial charge is 0.140 e. The molecule has 5 heteroatoms. The molecular weight excluding hydrogens is 352 g/mol. The number of para-hydroxylation sites is 3. The monoisotopic (exact) mass is 368 g/mol. The molecule has 0 aliphatic rings. The van der Waals surface area contributed by atoms with Gasteiger partial charge in [-0.3, -0.25) is 4.99 Å². The van der Waals surface area contributed by atoms with Crippen LogP contribution in [0.2, 0.25) is 0 Å². The normalized spacial score (nSPS) is 11.7. The number of hydrogen-bond acceptors (Lipinski definition) is 4. The van der Waals surface area contributed by atoms with Gasteiger partial charge in [0.2, 0.25) is 0 Å². The minimum absolute atomic E-state index is 0.831. The number of H-pyrrole nitrogens is 1. The summed E-state index contributed by atoms with van der Waals surface area (Å²) in [6.45, 7) is 2.03. The van der Waals surface area contributed by atoms with Gasteiger partial charge < -0.3 is 4.98 Å². The predicted octanol–water partition coefficient (Wildman–Crippen LogP) is 5.90. The highest BCUT2D eigenvalue weighted by molar-refractivity contribution is 7.18. The van der Waals surface area contributed by atoms with E-state index in [0.717, 1.165) is 44.2 Å². The number of aliphatic imine (C=N–C) groups is 1. The summed E-state index contributed by atoms with van der Waals surface area (Å²) in [6, 6.07) is 22.3. The van der Waals surface area contributed by atoms with E-state index in [-0.39, 0.29) is 0 Å². The van der Waals surface area contributed by atoms with Crippen LogP contribution in [0.15, 0.2) is 71.7 Å². The molecule has 3 aromatic carbocycles. The molecule has 0 atom stereocenters. The first-order valence-corrected chi connectivity index (χ1v) is 9.53. The van der Waals surface area contributed by atoms with E-state index in [4.69, 9.17) is 9.98 Å². The second-order valence-corrected chi connectivity index (χ2v) is 7.57. The number of nitrogens with one attached hydrogen (secondary N) is 1. The highest BCUT2D eigenvalue weighted by Gasteiger charge is 2.08. The molecule has 4 nitrogen and oxygen atoms in total. The van der Waals surface area contributed by atoms with Crippen LogP contribution in [-0.4, -0.2) is 21.2 Å². The lowest BCUT2D eigenvalue weighted by atomic mass is 10.1. The van der Waals surface area contributed by atoms with Crippen molar-refractivity contribution in [3.05, 3.63) is 77.3 Å². The summed E-state index contributed by atoms with van der Waals surface area (Å²) in [7, 11) is 0. The Morgan fingerprint density at radius 3 is 2.70 bits per heavy atom. The molecule has 0 aliphatic carbocycles. The highest BCUT2D eigenvalue weighted by atomic mass is 32.1. The lowest BCUT2D eigenvalue weighted by Crippen LogP contribution is -1.84. The van der Waals surface area contributed by atoms with Crippen molar-refractivity contribution in [1.82, 2.24) is 15.0 Å². The van der Waals surface area contributed by atoms with Gasteiger partial charge in [0.1, 0.15) is 5.82 Å². The molecule has 0 saturated heterocycles. The molecule has 2 aromatic heterocycles. The number of nitrogens with zero attached hydrogens (tertiary/aromatic N) is 3. The van der Waals surface area contributed by atoms with Gasteiger partial charge in [-0.2, -0.15) is 0 Å². The second-order valence-electron chi connectivity index (χ2n) is 6.34. The number of aryl methyl sites for hydroxylation is 1. The lowest BCUT2D eigenvalue weighted by molar-refractivity contribution is 1.33. The summed E-state index contributed by atoms with van der Waals surface area (Å²) in [6.07, 6.45) is 1.90. The first-order chi connectivity index (χ1) is 13.3. The van der Waals surface area contributed by atoms with Crippen LogP contribution in [0, 0.1) is 6.92 Å². The van der Waals surface area contributed by atoms with Crippen LogP contribution in [0.5, 0.6) is 0 Å². The molecule has 0 spiro atoms.